The normalized spacial score (nSPS) is 26.0. The van der Waals surface area contributed by atoms with Gasteiger partial charge < -0.3 is 10.6 Å². The maximum Gasteiger partial charge on any atom is 0.224 e. The lowest BCUT2D eigenvalue weighted by molar-refractivity contribution is -0.127. The van der Waals surface area contributed by atoms with Crippen molar-refractivity contribution in [1.82, 2.24) is 10.6 Å². The summed E-state index contributed by atoms with van der Waals surface area (Å²) in [7, 11) is 0. The molecule has 1 amide bonds. The summed E-state index contributed by atoms with van der Waals surface area (Å²) in [5, 5.41) is 6.13. The third kappa shape index (κ3) is 6.29. The fourth-order valence-electron chi connectivity index (χ4n) is 2.33. The van der Waals surface area contributed by atoms with Gasteiger partial charge in [0.25, 0.3) is 0 Å². The van der Waals surface area contributed by atoms with Crippen LogP contribution in [-0.4, -0.2) is 23.8 Å². The van der Waals surface area contributed by atoms with Crippen molar-refractivity contribution in [2.75, 3.05) is 0 Å². The number of nitrogens with one attached hydrogen (secondary N) is 2. The SMILES string of the molecule is CC[C@H](C)C(NC(=O)C/C1=C/NC(C)/C=C\C=C/C1)C(C)=O. The maximum atomic E-state index is 12.2. The summed E-state index contributed by atoms with van der Waals surface area (Å²) in [6.07, 6.45) is 11.9. The van der Waals surface area contributed by atoms with Crippen LogP contribution in [0.4, 0.5) is 0 Å². The van der Waals surface area contributed by atoms with Crippen LogP contribution < -0.4 is 10.6 Å². The number of allylic oxidation sites excluding steroid dienone is 3. The van der Waals surface area contributed by atoms with Crippen molar-refractivity contribution in [2.45, 2.75) is 59.0 Å². The molecule has 2 unspecified atom stereocenters. The van der Waals surface area contributed by atoms with Crippen LogP contribution in [0.1, 0.15) is 47.0 Å². The Bertz CT molecular complexity index is 477. The van der Waals surface area contributed by atoms with E-state index in [0.29, 0.717) is 6.42 Å². The second-order valence-electron chi connectivity index (χ2n) is 5.99. The molecule has 0 aromatic heterocycles. The number of carbonyl (C=O) groups excluding carboxylic acids is 2. The Balaban J connectivity index is 2.66. The molecule has 2 N–H and O–H groups in total. The fourth-order valence-corrected chi connectivity index (χ4v) is 2.33. The van der Waals surface area contributed by atoms with E-state index in [0.717, 1.165) is 18.4 Å². The van der Waals surface area contributed by atoms with Crippen LogP contribution >= 0.6 is 0 Å². The van der Waals surface area contributed by atoms with E-state index in [2.05, 4.69) is 23.6 Å². The first-order valence-electron chi connectivity index (χ1n) is 8.01. The average molecular weight is 304 g/mol. The predicted octanol–water partition coefficient (Wildman–Crippen LogP) is 2.87. The molecule has 0 saturated carbocycles. The molecular weight excluding hydrogens is 276 g/mol. The van der Waals surface area contributed by atoms with E-state index in [1.165, 1.54) is 6.92 Å². The predicted molar refractivity (Wildman–Crippen MR) is 90.3 cm³/mol. The number of carbonyl (C=O) groups is 2. The Morgan fingerprint density at radius 2 is 2.14 bits per heavy atom. The Kier molecular flexibility index (Phi) is 7.64. The first-order chi connectivity index (χ1) is 10.4. The van der Waals surface area contributed by atoms with Gasteiger partial charge in [0.15, 0.2) is 5.78 Å². The lowest BCUT2D eigenvalue weighted by Crippen LogP contribution is -2.44. The minimum atomic E-state index is -0.390. The van der Waals surface area contributed by atoms with E-state index < -0.39 is 6.04 Å². The van der Waals surface area contributed by atoms with E-state index in [1.54, 1.807) is 0 Å². The molecule has 22 heavy (non-hydrogen) atoms. The summed E-state index contributed by atoms with van der Waals surface area (Å²) in [4.78, 5) is 23.9. The fraction of sp³-hybridized carbons (Fsp3) is 0.556. The van der Waals surface area contributed by atoms with Gasteiger partial charge in [-0.25, -0.2) is 0 Å². The van der Waals surface area contributed by atoms with E-state index >= 15 is 0 Å². The molecule has 0 aromatic rings. The highest BCUT2D eigenvalue weighted by Crippen LogP contribution is 2.12. The van der Waals surface area contributed by atoms with Crippen molar-refractivity contribution in [2.24, 2.45) is 5.92 Å². The van der Waals surface area contributed by atoms with E-state index in [1.807, 2.05) is 38.3 Å². The monoisotopic (exact) mass is 304 g/mol. The molecule has 1 rings (SSSR count). The zero-order valence-corrected chi connectivity index (χ0v) is 14.1. The summed E-state index contributed by atoms with van der Waals surface area (Å²) in [6.45, 7) is 7.60. The minimum absolute atomic E-state index is 0.0157. The van der Waals surface area contributed by atoms with Crippen LogP contribution in [0, 0.1) is 5.92 Å². The number of amides is 1. The van der Waals surface area contributed by atoms with Crippen LogP contribution in [0.5, 0.6) is 0 Å². The number of rotatable bonds is 6. The highest BCUT2D eigenvalue weighted by atomic mass is 16.2. The van der Waals surface area contributed by atoms with Gasteiger partial charge in [0.05, 0.1) is 6.04 Å². The number of ketones is 1. The molecular formula is C18H28N2O2. The van der Waals surface area contributed by atoms with Gasteiger partial charge >= 0.3 is 0 Å². The number of hydrogen-bond acceptors (Lipinski definition) is 3. The van der Waals surface area contributed by atoms with Gasteiger partial charge in [0.2, 0.25) is 5.91 Å². The van der Waals surface area contributed by atoms with Gasteiger partial charge in [-0.15, -0.1) is 0 Å². The third-order valence-electron chi connectivity index (χ3n) is 3.93. The van der Waals surface area contributed by atoms with Crippen LogP contribution in [0.15, 0.2) is 36.1 Å². The zero-order chi connectivity index (χ0) is 16.5. The highest BCUT2D eigenvalue weighted by molar-refractivity contribution is 5.88. The Hall–Kier alpha value is -1.84. The van der Waals surface area contributed by atoms with Crippen LogP contribution in [0.3, 0.4) is 0 Å². The Labute approximate surface area is 133 Å². The van der Waals surface area contributed by atoms with E-state index in [-0.39, 0.29) is 23.7 Å². The van der Waals surface area contributed by atoms with Gasteiger partial charge in [-0.05, 0) is 38.0 Å². The Morgan fingerprint density at radius 1 is 1.41 bits per heavy atom. The molecule has 0 spiro atoms. The van der Waals surface area contributed by atoms with Gasteiger partial charge in [-0.2, -0.15) is 0 Å². The highest BCUT2D eigenvalue weighted by Gasteiger charge is 2.22. The van der Waals surface area contributed by atoms with Crippen molar-refractivity contribution < 1.29 is 9.59 Å². The topological polar surface area (TPSA) is 58.2 Å². The van der Waals surface area contributed by atoms with Crippen LogP contribution in [0.25, 0.3) is 0 Å². The molecule has 0 radical (unpaired) electrons. The summed E-state index contributed by atoms with van der Waals surface area (Å²) >= 11 is 0. The molecule has 0 saturated heterocycles. The number of Topliss-reactive ketones (excluding diaryl/α,β-unsaturated/α-hetero) is 1. The minimum Gasteiger partial charge on any atom is -0.385 e. The molecule has 1 heterocycles. The quantitative estimate of drug-likeness (QED) is 0.793. The summed E-state index contributed by atoms with van der Waals surface area (Å²) in [6, 6.07) is -0.163. The molecule has 1 aliphatic rings. The smallest absolute Gasteiger partial charge is 0.224 e. The van der Waals surface area contributed by atoms with Crippen molar-refractivity contribution in [1.29, 1.82) is 0 Å². The van der Waals surface area contributed by atoms with Crippen molar-refractivity contribution in [3.05, 3.63) is 36.1 Å². The zero-order valence-electron chi connectivity index (χ0n) is 14.1. The summed E-state index contributed by atoms with van der Waals surface area (Å²) in [5.41, 5.74) is 1.01. The van der Waals surface area contributed by atoms with E-state index in [9.17, 15) is 9.59 Å². The summed E-state index contributed by atoms with van der Waals surface area (Å²) in [5.74, 6) is 0.0713. The van der Waals surface area contributed by atoms with Crippen molar-refractivity contribution in [3.63, 3.8) is 0 Å². The maximum absolute atomic E-state index is 12.2. The summed E-state index contributed by atoms with van der Waals surface area (Å²) < 4.78 is 0. The Morgan fingerprint density at radius 3 is 2.77 bits per heavy atom. The lowest BCUT2D eigenvalue weighted by Gasteiger charge is -2.22. The molecule has 122 valence electrons. The molecule has 0 bridgehead atoms. The van der Waals surface area contributed by atoms with Gasteiger partial charge in [-0.3, -0.25) is 9.59 Å². The molecule has 0 fully saturated rings. The second-order valence-corrected chi connectivity index (χ2v) is 5.99. The van der Waals surface area contributed by atoms with Crippen molar-refractivity contribution in [3.8, 4) is 0 Å². The first-order valence-corrected chi connectivity index (χ1v) is 8.01. The average Bonchev–Trinajstić information content (AvgIpc) is 2.57. The van der Waals surface area contributed by atoms with Crippen LogP contribution in [-0.2, 0) is 9.59 Å². The lowest BCUT2D eigenvalue weighted by atomic mass is 9.95. The molecule has 3 atom stereocenters. The first kappa shape index (κ1) is 18.2. The van der Waals surface area contributed by atoms with Gasteiger partial charge in [0, 0.05) is 12.5 Å². The largest absolute Gasteiger partial charge is 0.385 e. The van der Waals surface area contributed by atoms with Gasteiger partial charge in [-0.1, -0.05) is 44.6 Å². The molecule has 1 aliphatic heterocycles. The molecule has 4 nitrogen and oxygen atoms in total. The van der Waals surface area contributed by atoms with Crippen LogP contribution in [0.2, 0.25) is 0 Å². The van der Waals surface area contributed by atoms with Crippen molar-refractivity contribution >= 4 is 11.7 Å². The van der Waals surface area contributed by atoms with E-state index in [4.69, 9.17) is 0 Å². The number of hydrogen-bond donors (Lipinski definition) is 2. The molecule has 0 aromatic carbocycles. The van der Waals surface area contributed by atoms with Gasteiger partial charge in [0.1, 0.15) is 0 Å². The second kappa shape index (κ2) is 9.23. The standard InChI is InChI=1S/C18H28N2O2/c1-5-13(2)18(15(4)21)20-17(22)11-16-10-8-6-7-9-14(3)19-12-16/h6-9,12-14,18-19H,5,10-11H2,1-4H3,(H,20,22)/b8-6-,9-7-,16-12+/t13-,14?,18?/m0/s1. The molecule has 4 heteroatoms. The third-order valence-corrected chi connectivity index (χ3v) is 3.93. The molecule has 0 aliphatic carbocycles.